The molecule has 4 nitrogen and oxygen atoms in total. The van der Waals surface area contributed by atoms with Crippen molar-refractivity contribution in [1.82, 2.24) is 9.88 Å². The molecule has 0 aliphatic carbocycles. The number of halogens is 2. The third kappa shape index (κ3) is 3.32. The van der Waals surface area contributed by atoms with Gasteiger partial charge in [0.05, 0.1) is 0 Å². The molecule has 3 aromatic rings. The Bertz CT molecular complexity index is 929. The number of fused-ring (bicyclic) bond motifs is 1. The van der Waals surface area contributed by atoms with E-state index in [-0.39, 0.29) is 5.91 Å². The average Bonchev–Trinajstić information content (AvgIpc) is 3.04. The molecule has 6 heteroatoms. The van der Waals surface area contributed by atoms with Crippen molar-refractivity contribution in [2.45, 2.75) is 0 Å². The highest BCUT2D eigenvalue weighted by molar-refractivity contribution is 6.31. The number of piperazine rings is 1. The summed E-state index contributed by atoms with van der Waals surface area (Å²) in [5.74, 6) is 0.0260. The van der Waals surface area contributed by atoms with Crippen molar-refractivity contribution < 1.29 is 4.79 Å². The van der Waals surface area contributed by atoms with Crippen LogP contribution in [0.1, 0.15) is 10.5 Å². The Hall–Kier alpha value is -2.17. The van der Waals surface area contributed by atoms with Crippen LogP contribution in [0.5, 0.6) is 0 Å². The van der Waals surface area contributed by atoms with E-state index in [1.807, 2.05) is 53.4 Å². The maximum atomic E-state index is 12.8. The summed E-state index contributed by atoms with van der Waals surface area (Å²) >= 11 is 12.1. The molecule has 2 heterocycles. The average molecular weight is 374 g/mol. The summed E-state index contributed by atoms with van der Waals surface area (Å²) in [7, 11) is 0. The van der Waals surface area contributed by atoms with E-state index in [0.717, 1.165) is 34.7 Å². The van der Waals surface area contributed by atoms with Crippen LogP contribution < -0.4 is 4.90 Å². The monoisotopic (exact) mass is 373 g/mol. The third-order valence-electron chi connectivity index (χ3n) is 4.55. The molecule has 1 fully saturated rings. The van der Waals surface area contributed by atoms with Gasteiger partial charge in [-0.15, -0.1) is 0 Å². The minimum Gasteiger partial charge on any atom is -0.368 e. The molecule has 1 saturated heterocycles. The number of hydrogen-bond donors (Lipinski definition) is 1. The lowest BCUT2D eigenvalue weighted by atomic mass is 10.2. The quantitative estimate of drug-likeness (QED) is 0.721. The second kappa shape index (κ2) is 6.62. The SMILES string of the molecule is O=C(c1cc2cc(Cl)ccc2[nH]1)N1CCN(c2cccc(Cl)c2)CC1. The number of anilines is 1. The lowest BCUT2D eigenvalue weighted by Gasteiger charge is -2.36. The molecule has 1 aromatic heterocycles. The molecule has 1 N–H and O–H groups in total. The summed E-state index contributed by atoms with van der Waals surface area (Å²) < 4.78 is 0. The first-order valence-electron chi connectivity index (χ1n) is 8.18. The van der Waals surface area contributed by atoms with Crippen LogP contribution >= 0.6 is 23.2 Å². The smallest absolute Gasteiger partial charge is 0.270 e. The van der Waals surface area contributed by atoms with Crippen LogP contribution in [0, 0.1) is 0 Å². The molecule has 0 saturated carbocycles. The van der Waals surface area contributed by atoms with Crippen molar-refractivity contribution >= 4 is 45.7 Å². The summed E-state index contributed by atoms with van der Waals surface area (Å²) in [6.07, 6.45) is 0. The number of aromatic amines is 1. The van der Waals surface area contributed by atoms with Gasteiger partial charge in [-0.2, -0.15) is 0 Å². The standard InChI is InChI=1S/C19H17Cl2N3O/c20-14-2-1-3-16(12-14)23-6-8-24(9-7-23)19(25)18-11-13-10-15(21)4-5-17(13)22-18/h1-5,10-12,22H,6-9H2. The molecule has 25 heavy (non-hydrogen) atoms. The van der Waals surface area contributed by atoms with E-state index < -0.39 is 0 Å². The maximum Gasteiger partial charge on any atom is 0.270 e. The molecular weight excluding hydrogens is 357 g/mol. The molecule has 0 radical (unpaired) electrons. The number of carbonyl (C=O) groups excluding carboxylic acids is 1. The largest absolute Gasteiger partial charge is 0.368 e. The topological polar surface area (TPSA) is 39.3 Å². The number of nitrogens with zero attached hydrogens (tertiary/aromatic N) is 2. The van der Waals surface area contributed by atoms with Crippen molar-refractivity contribution in [2.75, 3.05) is 31.1 Å². The molecule has 1 aliphatic rings. The van der Waals surface area contributed by atoms with Crippen molar-refractivity contribution in [3.63, 3.8) is 0 Å². The summed E-state index contributed by atoms with van der Waals surface area (Å²) in [6, 6.07) is 15.3. The first kappa shape index (κ1) is 16.3. The van der Waals surface area contributed by atoms with Crippen molar-refractivity contribution in [2.24, 2.45) is 0 Å². The molecule has 1 amide bonds. The van der Waals surface area contributed by atoms with Gasteiger partial charge in [0, 0.05) is 52.8 Å². The van der Waals surface area contributed by atoms with Crippen LogP contribution in [0.2, 0.25) is 10.0 Å². The van der Waals surface area contributed by atoms with Gasteiger partial charge in [-0.3, -0.25) is 4.79 Å². The van der Waals surface area contributed by atoms with E-state index in [9.17, 15) is 4.79 Å². The summed E-state index contributed by atoms with van der Waals surface area (Å²) in [5, 5.41) is 2.35. The molecule has 0 bridgehead atoms. The summed E-state index contributed by atoms with van der Waals surface area (Å²) in [6.45, 7) is 2.94. The predicted molar refractivity (Wildman–Crippen MR) is 103 cm³/mol. The van der Waals surface area contributed by atoms with E-state index in [1.165, 1.54) is 0 Å². The molecule has 0 unspecified atom stereocenters. The molecule has 1 aliphatic heterocycles. The first-order valence-corrected chi connectivity index (χ1v) is 8.94. The molecule has 0 atom stereocenters. The predicted octanol–water partition coefficient (Wildman–Crippen LogP) is 4.44. The number of aromatic nitrogens is 1. The van der Waals surface area contributed by atoms with Crippen LogP contribution in [0.15, 0.2) is 48.5 Å². The highest BCUT2D eigenvalue weighted by Crippen LogP contribution is 2.23. The zero-order valence-corrected chi connectivity index (χ0v) is 15.0. The first-order chi connectivity index (χ1) is 12.1. The van der Waals surface area contributed by atoms with Gasteiger partial charge in [0.2, 0.25) is 0 Å². The van der Waals surface area contributed by atoms with Crippen LogP contribution in [-0.4, -0.2) is 42.0 Å². The zero-order valence-electron chi connectivity index (χ0n) is 13.5. The molecule has 2 aromatic carbocycles. The van der Waals surface area contributed by atoms with E-state index in [1.54, 1.807) is 0 Å². The van der Waals surface area contributed by atoms with Crippen molar-refractivity contribution in [3.8, 4) is 0 Å². The normalized spacial score (nSPS) is 15.0. The van der Waals surface area contributed by atoms with Gasteiger partial charge < -0.3 is 14.8 Å². The minimum atomic E-state index is 0.0260. The van der Waals surface area contributed by atoms with Crippen LogP contribution in [0.25, 0.3) is 10.9 Å². The van der Waals surface area contributed by atoms with Crippen molar-refractivity contribution in [3.05, 3.63) is 64.3 Å². The summed E-state index contributed by atoms with van der Waals surface area (Å²) in [5.41, 5.74) is 2.62. The Labute approximate surface area is 155 Å². The second-order valence-corrected chi connectivity index (χ2v) is 7.05. The number of carbonyl (C=O) groups is 1. The van der Waals surface area contributed by atoms with E-state index in [2.05, 4.69) is 9.88 Å². The van der Waals surface area contributed by atoms with Crippen LogP contribution in [-0.2, 0) is 0 Å². The maximum absolute atomic E-state index is 12.8. The van der Waals surface area contributed by atoms with Crippen LogP contribution in [0.3, 0.4) is 0 Å². The Morgan fingerprint density at radius 3 is 2.44 bits per heavy atom. The third-order valence-corrected chi connectivity index (χ3v) is 5.02. The molecule has 0 spiro atoms. The van der Waals surface area contributed by atoms with Gasteiger partial charge in [-0.1, -0.05) is 29.3 Å². The Morgan fingerprint density at radius 1 is 0.920 bits per heavy atom. The highest BCUT2D eigenvalue weighted by Gasteiger charge is 2.23. The van der Waals surface area contributed by atoms with E-state index in [0.29, 0.717) is 23.8 Å². The number of hydrogen-bond acceptors (Lipinski definition) is 2. The number of benzene rings is 2. The number of nitrogens with one attached hydrogen (secondary N) is 1. The lowest BCUT2D eigenvalue weighted by molar-refractivity contribution is 0.0742. The second-order valence-electron chi connectivity index (χ2n) is 6.17. The fraction of sp³-hybridized carbons (Fsp3) is 0.211. The lowest BCUT2D eigenvalue weighted by Crippen LogP contribution is -2.48. The van der Waals surface area contributed by atoms with E-state index in [4.69, 9.17) is 23.2 Å². The van der Waals surface area contributed by atoms with Gasteiger partial charge in [0.25, 0.3) is 5.91 Å². The zero-order chi connectivity index (χ0) is 17.4. The van der Waals surface area contributed by atoms with Crippen LogP contribution in [0.4, 0.5) is 5.69 Å². The minimum absolute atomic E-state index is 0.0260. The molecular formula is C19H17Cl2N3O. The number of amides is 1. The van der Waals surface area contributed by atoms with Crippen molar-refractivity contribution in [1.29, 1.82) is 0 Å². The fourth-order valence-electron chi connectivity index (χ4n) is 3.23. The molecule has 4 rings (SSSR count). The Kier molecular flexibility index (Phi) is 4.32. The van der Waals surface area contributed by atoms with Gasteiger partial charge >= 0.3 is 0 Å². The van der Waals surface area contributed by atoms with Gasteiger partial charge in [0.1, 0.15) is 5.69 Å². The fourth-order valence-corrected chi connectivity index (χ4v) is 3.59. The Morgan fingerprint density at radius 2 is 1.68 bits per heavy atom. The van der Waals surface area contributed by atoms with Gasteiger partial charge in [-0.25, -0.2) is 0 Å². The van der Waals surface area contributed by atoms with Gasteiger partial charge in [-0.05, 0) is 42.5 Å². The van der Waals surface area contributed by atoms with E-state index >= 15 is 0 Å². The Balaban J connectivity index is 1.47. The molecule has 128 valence electrons. The highest BCUT2D eigenvalue weighted by atomic mass is 35.5. The number of H-pyrrole nitrogens is 1. The number of rotatable bonds is 2. The summed E-state index contributed by atoms with van der Waals surface area (Å²) in [4.78, 5) is 20.1. The van der Waals surface area contributed by atoms with Gasteiger partial charge in [0.15, 0.2) is 0 Å².